The molecule has 2 aromatic rings. The van der Waals surface area contributed by atoms with Crippen molar-refractivity contribution in [2.75, 3.05) is 6.54 Å². The highest BCUT2D eigenvalue weighted by Crippen LogP contribution is 2.22. The molecule has 2 atom stereocenters. The van der Waals surface area contributed by atoms with Gasteiger partial charge in [0.2, 0.25) is 0 Å². The van der Waals surface area contributed by atoms with Crippen LogP contribution in [0.15, 0.2) is 48.7 Å². The molecular weight excluding hydrogens is 314 g/mol. The smallest absolute Gasteiger partial charge is 0.315 e. The molecule has 0 fully saturated rings. The lowest BCUT2D eigenvalue weighted by Crippen LogP contribution is -2.40. The van der Waals surface area contributed by atoms with Crippen LogP contribution in [0.5, 0.6) is 0 Å². The Morgan fingerprint density at radius 1 is 1.16 bits per heavy atom. The molecule has 2 rings (SSSR count). The maximum atomic E-state index is 12.2. The Bertz CT molecular complexity index is 674. The summed E-state index contributed by atoms with van der Waals surface area (Å²) in [4.78, 5) is 16.6. The van der Waals surface area contributed by atoms with E-state index in [2.05, 4.69) is 29.5 Å². The molecule has 1 aromatic carbocycles. The summed E-state index contributed by atoms with van der Waals surface area (Å²) in [5.41, 5.74) is 2.80. The molecule has 0 saturated carbocycles. The molecular formula is C20H27N3O2. The highest BCUT2D eigenvalue weighted by molar-refractivity contribution is 5.74. The van der Waals surface area contributed by atoms with E-state index in [9.17, 15) is 9.90 Å². The van der Waals surface area contributed by atoms with Crippen LogP contribution in [0.3, 0.4) is 0 Å². The number of benzene rings is 1. The molecule has 3 N–H and O–H groups in total. The topological polar surface area (TPSA) is 74.2 Å². The zero-order valence-electron chi connectivity index (χ0n) is 15.1. The predicted molar refractivity (Wildman–Crippen MR) is 99.1 cm³/mol. The average Bonchev–Trinajstić information content (AvgIpc) is 2.61. The SMILES string of the molecule is Cc1cccnc1C(NC(=O)NCCC(O)c1ccccc1)C(C)C. The van der Waals surface area contributed by atoms with Gasteiger partial charge in [0.15, 0.2) is 0 Å². The lowest BCUT2D eigenvalue weighted by molar-refractivity contribution is 0.166. The first-order valence-electron chi connectivity index (χ1n) is 8.68. The van der Waals surface area contributed by atoms with Crippen LogP contribution in [0.2, 0.25) is 0 Å². The second-order valence-electron chi connectivity index (χ2n) is 6.54. The summed E-state index contributed by atoms with van der Waals surface area (Å²) < 4.78 is 0. The third-order valence-corrected chi connectivity index (χ3v) is 4.19. The van der Waals surface area contributed by atoms with Crippen molar-refractivity contribution in [1.29, 1.82) is 0 Å². The maximum absolute atomic E-state index is 12.2. The first kappa shape index (κ1) is 18.9. The molecule has 0 bridgehead atoms. The number of amides is 2. The summed E-state index contributed by atoms with van der Waals surface area (Å²) in [7, 11) is 0. The molecule has 134 valence electrons. The van der Waals surface area contributed by atoms with Crippen molar-refractivity contribution < 1.29 is 9.90 Å². The zero-order valence-corrected chi connectivity index (χ0v) is 15.1. The second-order valence-corrected chi connectivity index (χ2v) is 6.54. The van der Waals surface area contributed by atoms with Crippen molar-refractivity contribution in [1.82, 2.24) is 15.6 Å². The molecule has 2 unspecified atom stereocenters. The lowest BCUT2D eigenvalue weighted by atomic mass is 9.97. The largest absolute Gasteiger partial charge is 0.388 e. The van der Waals surface area contributed by atoms with Crippen LogP contribution in [0.1, 0.15) is 49.2 Å². The van der Waals surface area contributed by atoms with E-state index in [1.54, 1.807) is 6.20 Å². The zero-order chi connectivity index (χ0) is 18.2. The van der Waals surface area contributed by atoms with Gasteiger partial charge >= 0.3 is 6.03 Å². The van der Waals surface area contributed by atoms with Gasteiger partial charge in [-0.3, -0.25) is 4.98 Å². The van der Waals surface area contributed by atoms with Crippen LogP contribution in [0.4, 0.5) is 4.79 Å². The molecule has 1 heterocycles. The van der Waals surface area contributed by atoms with Crippen molar-refractivity contribution in [2.45, 2.75) is 39.3 Å². The van der Waals surface area contributed by atoms with Gasteiger partial charge in [-0.15, -0.1) is 0 Å². The number of hydrogen-bond acceptors (Lipinski definition) is 3. The Kier molecular flexibility index (Phi) is 6.95. The Labute approximate surface area is 149 Å². The highest BCUT2D eigenvalue weighted by atomic mass is 16.3. The number of aryl methyl sites for hydroxylation is 1. The van der Waals surface area contributed by atoms with E-state index in [1.807, 2.05) is 49.4 Å². The van der Waals surface area contributed by atoms with Crippen LogP contribution in [0, 0.1) is 12.8 Å². The highest BCUT2D eigenvalue weighted by Gasteiger charge is 2.21. The summed E-state index contributed by atoms with van der Waals surface area (Å²) in [5.74, 6) is 0.217. The Morgan fingerprint density at radius 2 is 1.88 bits per heavy atom. The van der Waals surface area contributed by atoms with Gasteiger partial charge in [0.1, 0.15) is 0 Å². The minimum absolute atomic E-state index is 0.153. The number of aliphatic hydroxyl groups is 1. The molecule has 0 saturated heterocycles. The standard InChI is InChI=1S/C20H27N3O2/c1-14(2)18(19-15(3)8-7-12-21-19)23-20(25)22-13-11-17(24)16-9-5-4-6-10-16/h4-10,12,14,17-18,24H,11,13H2,1-3H3,(H2,22,23,25). The van der Waals surface area contributed by atoms with Gasteiger partial charge in [-0.25, -0.2) is 4.79 Å². The van der Waals surface area contributed by atoms with Crippen molar-refractivity contribution in [3.8, 4) is 0 Å². The average molecular weight is 341 g/mol. The molecule has 5 heteroatoms. The van der Waals surface area contributed by atoms with Crippen molar-refractivity contribution in [2.24, 2.45) is 5.92 Å². The summed E-state index contributed by atoms with van der Waals surface area (Å²) in [6.07, 6.45) is 1.63. The van der Waals surface area contributed by atoms with Gasteiger partial charge in [0.05, 0.1) is 17.8 Å². The van der Waals surface area contributed by atoms with Gasteiger partial charge in [0.25, 0.3) is 0 Å². The summed E-state index contributed by atoms with van der Waals surface area (Å²) in [6, 6.07) is 12.9. The van der Waals surface area contributed by atoms with Gasteiger partial charge in [-0.05, 0) is 36.5 Å². The molecule has 25 heavy (non-hydrogen) atoms. The lowest BCUT2D eigenvalue weighted by Gasteiger charge is -2.23. The molecule has 0 aliphatic rings. The van der Waals surface area contributed by atoms with E-state index in [0.717, 1.165) is 16.8 Å². The van der Waals surface area contributed by atoms with E-state index in [1.165, 1.54) is 0 Å². The number of rotatable bonds is 7. The van der Waals surface area contributed by atoms with Gasteiger partial charge < -0.3 is 15.7 Å². The first-order valence-corrected chi connectivity index (χ1v) is 8.68. The van der Waals surface area contributed by atoms with Gasteiger partial charge in [-0.2, -0.15) is 0 Å². The summed E-state index contributed by atoms with van der Waals surface area (Å²) in [6.45, 7) is 6.50. The second kappa shape index (κ2) is 9.18. The molecule has 5 nitrogen and oxygen atoms in total. The molecule has 0 radical (unpaired) electrons. The van der Waals surface area contributed by atoms with Crippen LogP contribution >= 0.6 is 0 Å². The number of aromatic nitrogens is 1. The number of hydrogen-bond donors (Lipinski definition) is 3. The van der Waals surface area contributed by atoms with E-state index in [4.69, 9.17) is 0 Å². The first-order chi connectivity index (χ1) is 12.0. The fourth-order valence-electron chi connectivity index (χ4n) is 2.73. The van der Waals surface area contributed by atoms with E-state index < -0.39 is 6.10 Å². The maximum Gasteiger partial charge on any atom is 0.315 e. The normalized spacial score (nSPS) is 13.3. The number of nitrogens with one attached hydrogen (secondary N) is 2. The number of pyridine rings is 1. The van der Waals surface area contributed by atoms with Crippen LogP contribution in [-0.4, -0.2) is 22.7 Å². The molecule has 0 aliphatic heterocycles. The van der Waals surface area contributed by atoms with Crippen molar-refractivity contribution >= 4 is 6.03 Å². The van der Waals surface area contributed by atoms with Gasteiger partial charge in [-0.1, -0.05) is 50.2 Å². The van der Waals surface area contributed by atoms with E-state index >= 15 is 0 Å². The number of carbonyl (C=O) groups excluding carboxylic acids is 1. The van der Waals surface area contributed by atoms with E-state index in [-0.39, 0.29) is 18.0 Å². The fraction of sp³-hybridized carbons (Fsp3) is 0.400. The quantitative estimate of drug-likeness (QED) is 0.721. The monoisotopic (exact) mass is 341 g/mol. The third kappa shape index (κ3) is 5.57. The summed E-state index contributed by atoms with van der Waals surface area (Å²) >= 11 is 0. The Balaban J connectivity index is 1.87. The number of aliphatic hydroxyl groups excluding tert-OH is 1. The molecule has 0 spiro atoms. The van der Waals surface area contributed by atoms with E-state index in [0.29, 0.717) is 13.0 Å². The molecule has 0 aliphatic carbocycles. The predicted octanol–water partition coefficient (Wildman–Crippen LogP) is 3.51. The Morgan fingerprint density at radius 3 is 2.52 bits per heavy atom. The Hall–Kier alpha value is -2.40. The van der Waals surface area contributed by atoms with Crippen LogP contribution in [0.25, 0.3) is 0 Å². The molecule has 2 amide bonds. The minimum Gasteiger partial charge on any atom is -0.388 e. The minimum atomic E-state index is -0.583. The number of nitrogens with zero attached hydrogens (tertiary/aromatic N) is 1. The summed E-state index contributed by atoms with van der Waals surface area (Å²) in [5, 5.41) is 15.9. The number of urea groups is 1. The molecule has 1 aromatic heterocycles. The fourth-order valence-corrected chi connectivity index (χ4v) is 2.73. The third-order valence-electron chi connectivity index (χ3n) is 4.19. The van der Waals surface area contributed by atoms with Crippen LogP contribution in [-0.2, 0) is 0 Å². The van der Waals surface area contributed by atoms with Gasteiger partial charge in [0, 0.05) is 12.7 Å². The number of carbonyl (C=O) groups is 1. The van der Waals surface area contributed by atoms with Crippen molar-refractivity contribution in [3.63, 3.8) is 0 Å². The van der Waals surface area contributed by atoms with Crippen molar-refractivity contribution in [3.05, 3.63) is 65.5 Å². The van der Waals surface area contributed by atoms with Crippen LogP contribution < -0.4 is 10.6 Å².